The Hall–Kier alpha value is -2.53. The maximum absolute atomic E-state index is 13.4. The fraction of sp³-hybridized carbons (Fsp3) is 0.542. The first-order valence-electron chi connectivity index (χ1n) is 11.4. The van der Waals surface area contributed by atoms with Crippen LogP contribution in [0.3, 0.4) is 0 Å². The molecule has 0 amide bonds. The molecule has 1 aromatic heterocycles. The quantitative estimate of drug-likeness (QED) is 0.486. The number of alkyl halides is 6. The molecule has 2 unspecified atom stereocenters. The third-order valence-corrected chi connectivity index (χ3v) is 6.96. The molecule has 0 spiro atoms. The minimum Gasteiger partial charge on any atom is -0.490 e. The van der Waals surface area contributed by atoms with E-state index in [2.05, 4.69) is 4.98 Å². The number of piperidine rings is 1. The number of nitrogens with zero attached hydrogens (tertiary/aromatic N) is 2. The summed E-state index contributed by atoms with van der Waals surface area (Å²) in [6.07, 6.45) is -5.62. The predicted octanol–water partition coefficient (Wildman–Crippen LogP) is 5.92. The molecule has 3 aliphatic heterocycles. The first kappa shape index (κ1) is 24.2. The molecule has 3 saturated heterocycles. The topological polar surface area (TPSA) is 43.8 Å². The van der Waals surface area contributed by atoms with Gasteiger partial charge in [-0.15, -0.1) is 0 Å². The van der Waals surface area contributed by atoms with Crippen molar-refractivity contribution in [3.8, 4) is 5.75 Å². The minimum absolute atomic E-state index is 0.00968. The zero-order valence-corrected chi connectivity index (χ0v) is 18.8. The van der Waals surface area contributed by atoms with E-state index in [-0.39, 0.29) is 42.7 Å². The Morgan fingerprint density at radius 1 is 0.914 bits per heavy atom. The fourth-order valence-electron chi connectivity index (χ4n) is 5.32. The zero-order chi connectivity index (χ0) is 25.0. The molecule has 0 saturated carbocycles. The third kappa shape index (κ3) is 4.67. The summed E-state index contributed by atoms with van der Waals surface area (Å²) in [4.78, 5) is 6.09. The summed E-state index contributed by atoms with van der Waals surface area (Å²) in [5, 5.41) is 0. The van der Waals surface area contributed by atoms with Gasteiger partial charge in [-0.05, 0) is 50.1 Å². The number of benzene rings is 1. The second-order valence-corrected chi connectivity index (χ2v) is 9.26. The monoisotopic (exact) mass is 502 g/mol. The van der Waals surface area contributed by atoms with E-state index in [1.807, 2.05) is 4.90 Å². The highest BCUT2D eigenvalue weighted by atomic mass is 19.4. The van der Waals surface area contributed by atoms with Crippen LogP contribution < -0.4 is 9.64 Å². The van der Waals surface area contributed by atoms with Gasteiger partial charge in [0, 0.05) is 31.1 Å². The number of ether oxygens (including phenoxy) is 3. The Morgan fingerprint density at radius 2 is 1.51 bits per heavy atom. The third-order valence-electron chi connectivity index (χ3n) is 6.96. The van der Waals surface area contributed by atoms with Gasteiger partial charge in [-0.25, -0.2) is 4.98 Å². The van der Waals surface area contributed by atoms with Gasteiger partial charge in [0.25, 0.3) is 0 Å². The largest absolute Gasteiger partial charge is 0.490 e. The maximum atomic E-state index is 13.4. The zero-order valence-electron chi connectivity index (χ0n) is 18.8. The van der Waals surface area contributed by atoms with Crippen molar-refractivity contribution in [1.29, 1.82) is 0 Å². The van der Waals surface area contributed by atoms with E-state index in [0.717, 1.165) is 37.2 Å². The van der Waals surface area contributed by atoms with Gasteiger partial charge in [0.15, 0.2) is 5.79 Å². The van der Waals surface area contributed by atoms with Crippen molar-refractivity contribution in [2.75, 3.05) is 18.1 Å². The normalized spacial score (nSPS) is 26.3. The summed E-state index contributed by atoms with van der Waals surface area (Å²) >= 11 is 0. The molecular weight excluding hydrogens is 478 g/mol. The van der Waals surface area contributed by atoms with Crippen LogP contribution in [0, 0.1) is 0 Å². The second-order valence-electron chi connectivity index (χ2n) is 9.26. The van der Waals surface area contributed by atoms with Crippen LogP contribution in [0.5, 0.6) is 5.75 Å². The van der Waals surface area contributed by atoms with E-state index >= 15 is 0 Å². The van der Waals surface area contributed by atoms with Gasteiger partial charge in [-0.3, -0.25) is 0 Å². The van der Waals surface area contributed by atoms with Crippen LogP contribution in [0.4, 0.5) is 32.2 Å². The number of aromatic nitrogens is 1. The lowest BCUT2D eigenvalue weighted by atomic mass is 9.98. The molecule has 4 heterocycles. The smallest absolute Gasteiger partial charge is 0.417 e. The molecule has 3 atom stereocenters. The van der Waals surface area contributed by atoms with E-state index < -0.39 is 29.3 Å². The van der Waals surface area contributed by atoms with Crippen LogP contribution in [0.2, 0.25) is 0 Å². The SMILES string of the molecule is CC1(c2cc(C(F)(F)F)ccc2OC2CC3CC[C@@H](C2)N3c2ccc(C(F)(F)F)cn2)OCCO1. The fourth-order valence-corrected chi connectivity index (χ4v) is 5.32. The van der Waals surface area contributed by atoms with Crippen molar-refractivity contribution < 1.29 is 40.6 Å². The highest BCUT2D eigenvalue weighted by molar-refractivity contribution is 5.46. The van der Waals surface area contributed by atoms with Gasteiger partial charge in [0.1, 0.15) is 17.7 Å². The standard InChI is InChI=1S/C24H24F6N2O3/c1-22(33-8-9-34-22)19-10-14(23(25,26)27)2-6-20(19)35-18-11-16-4-5-17(12-18)32(16)21-7-3-15(13-31-21)24(28,29)30/h2-3,6-7,10,13,16-18H,4-5,8-9,11-12H2,1H3/t16-,17?,18?/m0/s1. The Labute approximate surface area is 198 Å². The molecule has 11 heteroatoms. The average Bonchev–Trinajstić information content (AvgIpc) is 3.34. The van der Waals surface area contributed by atoms with Crippen LogP contribution in [-0.2, 0) is 27.6 Å². The molecular formula is C24H24F6N2O3. The highest BCUT2D eigenvalue weighted by Crippen LogP contribution is 2.44. The number of anilines is 1. The first-order valence-corrected chi connectivity index (χ1v) is 11.4. The summed E-state index contributed by atoms with van der Waals surface area (Å²) in [5.74, 6) is -0.590. The molecule has 3 fully saturated rings. The molecule has 2 bridgehead atoms. The summed E-state index contributed by atoms with van der Waals surface area (Å²) in [7, 11) is 0. The minimum atomic E-state index is -4.53. The summed E-state index contributed by atoms with van der Waals surface area (Å²) in [5.41, 5.74) is -1.43. The van der Waals surface area contributed by atoms with Crippen LogP contribution in [0.1, 0.15) is 49.3 Å². The lowest BCUT2D eigenvalue weighted by Crippen LogP contribution is -2.47. The van der Waals surface area contributed by atoms with Crippen molar-refractivity contribution in [2.24, 2.45) is 0 Å². The Kier molecular flexibility index (Phi) is 5.90. The molecule has 5 rings (SSSR count). The van der Waals surface area contributed by atoms with E-state index in [1.54, 1.807) is 6.92 Å². The molecule has 0 aliphatic carbocycles. The lowest BCUT2D eigenvalue weighted by Gasteiger charge is -2.40. The van der Waals surface area contributed by atoms with Crippen LogP contribution in [0.15, 0.2) is 36.5 Å². The van der Waals surface area contributed by atoms with Gasteiger partial charge in [0.2, 0.25) is 0 Å². The Morgan fingerprint density at radius 3 is 2.06 bits per heavy atom. The maximum Gasteiger partial charge on any atom is 0.417 e. The summed E-state index contributed by atoms with van der Waals surface area (Å²) < 4.78 is 96.3. The van der Waals surface area contributed by atoms with Crippen LogP contribution >= 0.6 is 0 Å². The average molecular weight is 502 g/mol. The number of halogens is 6. The number of hydrogen-bond acceptors (Lipinski definition) is 5. The summed E-state index contributed by atoms with van der Waals surface area (Å²) in [6.45, 7) is 2.09. The van der Waals surface area contributed by atoms with E-state index in [1.165, 1.54) is 12.1 Å². The predicted molar refractivity (Wildman–Crippen MR) is 113 cm³/mol. The molecule has 35 heavy (non-hydrogen) atoms. The van der Waals surface area contributed by atoms with Crippen molar-refractivity contribution in [2.45, 2.75) is 68.9 Å². The van der Waals surface area contributed by atoms with Gasteiger partial charge in [0.05, 0.1) is 29.9 Å². The number of hydrogen-bond donors (Lipinski definition) is 0. The van der Waals surface area contributed by atoms with Gasteiger partial charge < -0.3 is 19.1 Å². The van der Waals surface area contributed by atoms with Gasteiger partial charge >= 0.3 is 12.4 Å². The van der Waals surface area contributed by atoms with E-state index in [0.29, 0.717) is 18.7 Å². The Balaban J connectivity index is 1.36. The van der Waals surface area contributed by atoms with Crippen molar-refractivity contribution in [3.05, 3.63) is 53.2 Å². The van der Waals surface area contributed by atoms with Gasteiger partial charge in [-0.2, -0.15) is 26.3 Å². The van der Waals surface area contributed by atoms with Crippen molar-refractivity contribution in [3.63, 3.8) is 0 Å². The number of pyridine rings is 1. The molecule has 5 nitrogen and oxygen atoms in total. The number of rotatable bonds is 4. The van der Waals surface area contributed by atoms with Crippen LogP contribution in [0.25, 0.3) is 0 Å². The van der Waals surface area contributed by atoms with E-state index in [4.69, 9.17) is 14.2 Å². The Bertz CT molecular complexity index is 1050. The second kappa shape index (κ2) is 8.55. The summed E-state index contributed by atoms with van der Waals surface area (Å²) in [6, 6.07) is 5.73. The van der Waals surface area contributed by atoms with Crippen molar-refractivity contribution in [1.82, 2.24) is 4.98 Å². The molecule has 1 aromatic carbocycles. The first-order chi connectivity index (χ1) is 16.4. The lowest BCUT2D eigenvalue weighted by molar-refractivity contribution is -0.153. The van der Waals surface area contributed by atoms with Gasteiger partial charge in [-0.1, -0.05) is 0 Å². The molecule has 0 N–H and O–H groups in total. The molecule has 0 radical (unpaired) electrons. The van der Waals surface area contributed by atoms with Crippen LogP contribution in [-0.4, -0.2) is 36.4 Å². The molecule has 2 aromatic rings. The molecule has 190 valence electrons. The van der Waals surface area contributed by atoms with E-state index in [9.17, 15) is 26.3 Å². The number of fused-ring (bicyclic) bond motifs is 2. The van der Waals surface area contributed by atoms with Crippen molar-refractivity contribution >= 4 is 5.82 Å². The highest BCUT2D eigenvalue weighted by Gasteiger charge is 2.44. The molecule has 3 aliphatic rings.